The molecular weight excluding hydrogens is 581 g/mol. The molecule has 0 aliphatic carbocycles. The normalized spacial score (nSPS) is 11.5. The Labute approximate surface area is 250 Å². The van der Waals surface area contributed by atoms with E-state index in [1.807, 2.05) is 12.1 Å². The number of hydrazone groups is 1. The lowest BCUT2D eigenvalue weighted by Gasteiger charge is -2.17. The van der Waals surface area contributed by atoms with Crippen LogP contribution < -0.4 is 14.9 Å². The van der Waals surface area contributed by atoms with E-state index >= 15 is 0 Å². The van der Waals surface area contributed by atoms with Crippen molar-refractivity contribution in [2.75, 3.05) is 6.61 Å². The van der Waals surface area contributed by atoms with Gasteiger partial charge in [-0.1, -0.05) is 66.7 Å². The molecule has 44 heavy (non-hydrogen) atoms. The van der Waals surface area contributed by atoms with E-state index in [0.29, 0.717) is 0 Å². The molecule has 0 atom stereocenters. The number of ether oxygens (including phenoxy) is 3. The summed E-state index contributed by atoms with van der Waals surface area (Å²) in [6.07, 6.45) is -5.26. The van der Waals surface area contributed by atoms with E-state index < -0.39 is 35.0 Å². The largest absolute Gasteiger partial charge is 0.485 e. The van der Waals surface area contributed by atoms with Crippen LogP contribution in [0.25, 0.3) is 0 Å². The molecule has 1 amide bonds. The number of nitro groups is 1. The number of aromatic nitrogens is 1. The van der Waals surface area contributed by atoms with Crippen LogP contribution in [0, 0.1) is 10.1 Å². The number of nitro benzene ring substituents is 1. The Morgan fingerprint density at radius 2 is 1.59 bits per heavy atom. The Morgan fingerprint density at radius 3 is 2.18 bits per heavy atom. The second-order valence-corrected chi connectivity index (χ2v) is 9.20. The molecule has 0 aliphatic rings. The predicted octanol–water partition coefficient (Wildman–Crippen LogP) is 6.86. The number of halogens is 3. The number of amides is 1. The quantitative estimate of drug-likeness (QED) is 0.106. The molecule has 4 rings (SSSR count). The number of nitrogens with zero attached hydrogens (tertiary/aromatic N) is 3. The van der Waals surface area contributed by atoms with Crippen LogP contribution in [0.3, 0.4) is 0 Å². The maximum atomic E-state index is 13.8. The van der Waals surface area contributed by atoms with Crippen LogP contribution in [-0.4, -0.2) is 28.3 Å². The first-order valence-electron chi connectivity index (χ1n) is 13.3. The first-order valence-corrected chi connectivity index (χ1v) is 13.3. The van der Waals surface area contributed by atoms with Crippen LogP contribution in [-0.2, 0) is 30.5 Å². The molecule has 228 valence electrons. The van der Waals surface area contributed by atoms with Crippen LogP contribution >= 0.6 is 0 Å². The molecule has 0 saturated heterocycles. The summed E-state index contributed by atoms with van der Waals surface area (Å²) in [6, 6.07) is 22.9. The molecule has 0 saturated carbocycles. The van der Waals surface area contributed by atoms with Gasteiger partial charge in [0.2, 0.25) is 5.75 Å². The van der Waals surface area contributed by atoms with Crippen molar-refractivity contribution in [1.29, 1.82) is 0 Å². The van der Waals surface area contributed by atoms with E-state index in [9.17, 15) is 28.1 Å². The molecule has 3 aromatic carbocycles. The fraction of sp³-hybridized carbons (Fsp3) is 0.194. The third-order valence-electron chi connectivity index (χ3n) is 6.10. The third-order valence-corrected chi connectivity index (χ3v) is 6.10. The van der Waals surface area contributed by atoms with Crippen LogP contribution in [0.4, 0.5) is 23.7 Å². The van der Waals surface area contributed by atoms with Gasteiger partial charge in [0.1, 0.15) is 18.9 Å². The minimum atomic E-state index is -4.79. The maximum absolute atomic E-state index is 13.8. The molecule has 1 heterocycles. The van der Waals surface area contributed by atoms with E-state index in [0.717, 1.165) is 23.4 Å². The Hall–Kier alpha value is -5.46. The number of carbonyl (C=O) groups excluding carboxylic acids is 1. The van der Waals surface area contributed by atoms with Crippen molar-refractivity contribution in [2.45, 2.75) is 32.7 Å². The van der Waals surface area contributed by atoms with Gasteiger partial charge in [0.15, 0.2) is 5.75 Å². The second kappa shape index (κ2) is 14.6. The van der Waals surface area contributed by atoms with Gasteiger partial charge in [0.25, 0.3) is 0 Å². The zero-order chi connectivity index (χ0) is 31.5. The fourth-order valence-corrected chi connectivity index (χ4v) is 4.11. The van der Waals surface area contributed by atoms with Gasteiger partial charge in [0, 0.05) is 24.2 Å². The van der Waals surface area contributed by atoms with Crippen molar-refractivity contribution in [2.24, 2.45) is 5.10 Å². The SMILES string of the molecule is CCOC(=O)NN=C(Cc1cccnc1C(F)(F)F)c1cc(OCc2ccccc2)c(OCc2ccccc2)c([N+](=O)[O-])c1. The summed E-state index contributed by atoms with van der Waals surface area (Å²) in [7, 11) is 0. The molecule has 0 fully saturated rings. The van der Waals surface area contributed by atoms with Gasteiger partial charge >= 0.3 is 18.0 Å². The number of nitrogens with one attached hydrogen (secondary N) is 1. The topological polar surface area (TPSA) is 125 Å². The number of alkyl halides is 3. The van der Waals surface area contributed by atoms with Crippen LogP contribution in [0.1, 0.15) is 34.9 Å². The van der Waals surface area contributed by atoms with E-state index in [2.05, 4.69) is 15.5 Å². The third kappa shape index (κ3) is 8.53. The summed E-state index contributed by atoms with van der Waals surface area (Å²) < 4.78 is 58.0. The summed E-state index contributed by atoms with van der Waals surface area (Å²) in [5, 5.41) is 16.3. The number of rotatable bonds is 12. The lowest BCUT2D eigenvalue weighted by atomic mass is 9.99. The molecule has 13 heteroatoms. The van der Waals surface area contributed by atoms with Crippen molar-refractivity contribution < 1.29 is 37.1 Å². The predicted molar refractivity (Wildman–Crippen MR) is 154 cm³/mol. The Morgan fingerprint density at radius 1 is 0.955 bits per heavy atom. The summed E-state index contributed by atoms with van der Waals surface area (Å²) in [5.41, 5.74) is 1.50. The molecule has 0 unspecified atom stereocenters. The molecule has 0 radical (unpaired) electrons. The van der Waals surface area contributed by atoms with E-state index in [4.69, 9.17) is 14.2 Å². The van der Waals surface area contributed by atoms with Gasteiger partial charge < -0.3 is 14.2 Å². The van der Waals surface area contributed by atoms with E-state index in [-0.39, 0.29) is 48.2 Å². The van der Waals surface area contributed by atoms with Crippen molar-refractivity contribution >= 4 is 17.5 Å². The second-order valence-electron chi connectivity index (χ2n) is 9.20. The Bertz CT molecular complexity index is 1620. The first-order chi connectivity index (χ1) is 21.2. The standard InChI is InChI=1S/C31H27F3N4O6/c1-2-42-30(39)37-36-25(16-23-14-9-15-35-29(23)31(32,33)34)24-17-26(38(40)41)28(44-20-22-12-7-4-8-13-22)27(18-24)43-19-21-10-5-3-6-11-21/h3-15,17-18H,2,16,19-20H2,1H3,(H,37,39). The van der Waals surface area contributed by atoms with Crippen molar-refractivity contribution in [3.05, 3.63) is 129 Å². The zero-order valence-corrected chi connectivity index (χ0v) is 23.4. The van der Waals surface area contributed by atoms with Gasteiger partial charge in [-0.2, -0.15) is 18.3 Å². The van der Waals surface area contributed by atoms with Crippen molar-refractivity contribution in [1.82, 2.24) is 10.4 Å². The maximum Gasteiger partial charge on any atom is 0.433 e. The highest BCUT2D eigenvalue weighted by Gasteiger charge is 2.35. The molecule has 0 spiro atoms. The monoisotopic (exact) mass is 608 g/mol. The highest BCUT2D eigenvalue weighted by Crippen LogP contribution is 2.40. The lowest BCUT2D eigenvalue weighted by molar-refractivity contribution is -0.386. The highest BCUT2D eigenvalue weighted by molar-refractivity contribution is 6.03. The molecular formula is C31H27F3N4O6. The lowest BCUT2D eigenvalue weighted by Crippen LogP contribution is -2.23. The summed E-state index contributed by atoms with van der Waals surface area (Å²) in [5.74, 6) is -0.242. The summed E-state index contributed by atoms with van der Waals surface area (Å²) >= 11 is 0. The van der Waals surface area contributed by atoms with Crippen LogP contribution in [0.5, 0.6) is 11.5 Å². The zero-order valence-electron chi connectivity index (χ0n) is 23.4. The average Bonchev–Trinajstić information content (AvgIpc) is 3.01. The molecule has 0 bridgehead atoms. The molecule has 1 aromatic heterocycles. The minimum absolute atomic E-state index is 0.000554. The van der Waals surface area contributed by atoms with Crippen LogP contribution in [0.2, 0.25) is 0 Å². The fourth-order valence-electron chi connectivity index (χ4n) is 4.11. The van der Waals surface area contributed by atoms with Gasteiger partial charge in [-0.25, -0.2) is 10.2 Å². The van der Waals surface area contributed by atoms with Gasteiger partial charge in [-0.15, -0.1) is 0 Å². The highest BCUT2D eigenvalue weighted by atomic mass is 19.4. The number of hydrogen-bond donors (Lipinski definition) is 1. The Kier molecular flexibility index (Phi) is 10.5. The van der Waals surface area contributed by atoms with E-state index in [1.54, 1.807) is 55.5 Å². The van der Waals surface area contributed by atoms with Gasteiger partial charge in [0.05, 0.1) is 17.2 Å². The first kappa shape index (κ1) is 31.5. The van der Waals surface area contributed by atoms with Gasteiger partial charge in [-0.05, 0) is 35.7 Å². The average molecular weight is 609 g/mol. The number of benzene rings is 3. The number of pyridine rings is 1. The van der Waals surface area contributed by atoms with Gasteiger partial charge in [-0.3, -0.25) is 15.1 Å². The van der Waals surface area contributed by atoms with Crippen molar-refractivity contribution in [3.63, 3.8) is 0 Å². The van der Waals surface area contributed by atoms with Crippen molar-refractivity contribution in [3.8, 4) is 11.5 Å². The molecule has 4 aromatic rings. The minimum Gasteiger partial charge on any atom is -0.485 e. The molecule has 10 nitrogen and oxygen atoms in total. The Balaban J connectivity index is 1.82. The smallest absolute Gasteiger partial charge is 0.433 e. The number of carbonyl (C=O) groups is 1. The van der Waals surface area contributed by atoms with Crippen LogP contribution in [0.15, 0.2) is 96.2 Å². The molecule has 0 aliphatic heterocycles. The summed E-state index contributed by atoms with van der Waals surface area (Å²) in [4.78, 5) is 27.1. The van der Waals surface area contributed by atoms with E-state index in [1.165, 1.54) is 18.2 Å². The molecule has 1 N–H and O–H groups in total. The number of hydrogen-bond acceptors (Lipinski definition) is 8. The summed E-state index contributed by atoms with van der Waals surface area (Å²) in [6.45, 7) is 1.54.